The Morgan fingerprint density at radius 3 is 2.86 bits per heavy atom. The number of aromatic hydroxyl groups is 1. The van der Waals surface area contributed by atoms with Crippen LogP contribution in [0.15, 0.2) is 12.5 Å². The molecule has 0 aliphatic carbocycles. The summed E-state index contributed by atoms with van der Waals surface area (Å²) in [6, 6.07) is 0. The molecule has 0 bridgehead atoms. The van der Waals surface area contributed by atoms with Crippen LogP contribution in [-0.4, -0.2) is 20.9 Å². The van der Waals surface area contributed by atoms with E-state index in [9.17, 15) is 9.90 Å². The molecule has 1 heterocycles. The van der Waals surface area contributed by atoms with E-state index in [2.05, 4.69) is 9.97 Å². The highest BCUT2D eigenvalue weighted by molar-refractivity contribution is 5.81. The van der Waals surface area contributed by atoms with Crippen LogP contribution in [0.5, 0.6) is 5.75 Å². The fourth-order valence-corrected chi connectivity index (χ4v) is 1.20. The summed E-state index contributed by atoms with van der Waals surface area (Å²) in [6.07, 6.45) is 3.33. The van der Waals surface area contributed by atoms with E-state index in [0.29, 0.717) is 18.0 Å². The van der Waals surface area contributed by atoms with Crippen molar-refractivity contribution in [3.05, 3.63) is 18.2 Å². The minimum absolute atomic E-state index is 0.00962. The van der Waals surface area contributed by atoms with Gasteiger partial charge in [0.05, 0.1) is 18.3 Å². The Hall–Kier alpha value is -1.45. The zero-order chi connectivity index (χ0) is 10.6. The van der Waals surface area contributed by atoms with E-state index >= 15 is 0 Å². The third-order valence-corrected chi connectivity index (χ3v) is 1.77. The minimum atomic E-state index is -0.00962. The van der Waals surface area contributed by atoms with Gasteiger partial charge in [0.1, 0.15) is 12.1 Å². The molecular formula is C10H14N2O2. The van der Waals surface area contributed by atoms with E-state index in [-0.39, 0.29) is 18.0 Å². The topological polar surface area (TPSA) is 63.1 Å². The van der Waals surface area contributed by atoms with Gasteiger partial charge in [0.25, 0.3) is 0 Å². The van der Waals surface area contributed by atoms with E-state index in [0.717, 1.165) is 0 Å². The number of carbonyl (C=O) groups is 1. The second kappa shape index (κ2) is 4.69. The quantitative estimate of drug-likeness (QED) is 0.785. The van der Waals surface area contributed by atoms with Crippen LogP contribution in [0.3, 0.4) is 0 Å². The maximum absolute atomic E-state index is 11.4. The van der Waals surface area contributed by atoms with Crippen molar-refractivity contribution in [2.75, 3.05) is 0 Å². The predicted octanol–water partition coefficient (Wildman–Crippen LogP) is 1.34. The fraction of sp³-hybridized carbons (Fsp3) is 0.500. The first kappa shape index (κ1) is 10.6. The van der Waals surface area contributed by atoms with Crippen molar-refractivity contribution in [1.82, 2.24) is 9.97 Å². The highest BCUT2D eigenvalue weighted by atomic mass is 16.3. The molecular weight excluding hydrogens is 180 g/mol. The van der Waals surface area contributed by atoms with Gasteiger partial charge >= 0.3 is 0 Å². The van der Waals surface area contributed by atoms with Crippen LogP contribution in [0.4, 0.5) is 0 Å². The Labute approximate surface area is 83.0 Å². The largest absolute Gasteiger partial charge is 0.504 e. The summed E-state index contributed by atoms with van der Waals surface area (Å²) in [5.74, 6) is 0.421. The summed E-state index contributed by atoms with van der Waals surface area (Å²) in [5, 5.41) is 9.32. The molecule has 1 rings (SSSR count). The molecule has 1 aromatic rings. The zero-order valence-corrected chi connectivity index (χ0v) is 8.40. The normalized spacial score (nSPS) is 10.5. The molecule has 0 aromatic carbocycles. The van der Waals surface area contributed by atoms with Gasteiger partial charge < -0.3 is 5.11 Å². The Kier molecular flexibility index (Phi) is 3.56. The SMILES string of the molecule is CC(C)CC(=O)Cc1ncncc1O. The summed E-state index contributed by atoms with van der Waals surface area (Å²) < 4.78 is 0. The lowest BCUT2D eigenvalue weighted by Crippen LogP contribution is -2.07. The van der Waals surface area contributed by atoms with Crippen LogP contribution < -0.4 is 0 Å². The van der Waals surface area contributed by atoms with Crippen LogP contribution >= 0.6 is 0 Å². The lowest BCUT2D eigenvalue weighted by molar-refractivity contribution is -0.119. The van der Waals surface area contributed by atoms with Gasteiger partial charge in [0.2, 0.25) is 0 Å². The monoisotopic (exact) mass is 194 g/mol. The van der Waals surface area contributed by atoms with Gasteiger partial charge in [0.15, 0.2) is 5.75 Å². The van der Waals surface area contributed by atoms with Crippen molar-refractivity contribution in [3.8, 4) is 5.75 Å². The lowest BCUT2D eigenvalue weighted by atomic mass is 10.0. The first-order valence-electron chi connectivity index (χ1n) is 4.59. The van der Waals surface area contributed by atoms with Crippen molar-refractivity contribution in [2.24, 2.45) is 5.92 Å². The van der Waals surface area contributed by atoms with Gasteiger partial charge in [-0.1, -0.05) is 13.8 Å². The molecule has 0 radical (unpaired) electrons. The van der Waals surface area contributed by atoms with Gasteiger partial charge in [-0.2, -0.15) is 0 Å². The average molecular weight is 194 g/mol. The highest BCUT2D eigenvalue weighted by Crippen LogP contribution is 2.13. The number of rotatable bonds is 4. The standard InChI is InChI=1S/C10H14N2O2/c1-7(2)3-8(13)4-9-10(14)5-11-6-12-9/h5-7,14H,3-4H2,1-2H3. The van der Waals surface area contributed by atoms with Gasteiger partial charge in [-0.05, 0) is 5.92 Å². The molecule has 0 saturated heterocycles. The second-order valence-electron chi connectivity index (χ2n) is 3.67. The van der Waals surface area contributed by atoms with E-state index in [1.807, 2.05) is 13.8 Å². The van der Waals surface area contributed by atoms with E-state index in [4.69, 9.17) is 0 Å². The summed E-state index contributed by atoms with van der Waals surface area (Å²) in [4.78, 5) is 18.9. The molecule has 0 unspecified atom stereocenters. The molecule has 1 aromatic heterocycles. The first-order valence-corrected chi connectivity index (χ1v) is 4.59. The van der Waals surface area contributed by atoms with Gasteiger partial charge in [-0.25, -0.2) is 9.97 Å². The molecule has 4 nitrogen and oxygen atoms in total. The third kappa shape index (κ3) is 3.12. The van der Waals surface area contributed by atoms with E-state index in [1.165, 1.54) is 12.5 Å². The van der Waals surface area contributed by atoms with Crippen LogP contribution in [0.2, 0.25) is 0 Å². The van der Waals surface area contributed by atoms with Gasteiger partial charge in [0, 0.05) is 6.42 Å². The number of carbonyl (C=O) groups excluding carboxylic acids is 1. The molecule has 0 aliphatic rings. The Morgan fingerprint density at radius 2 is 2.29 bits per heavy atom. The van der Waals surface area contributed by atoms with Gasteiger partial charge in [-0.15, -0.1) is 0 Å². The molecule has 4 heteroatoms. The molecule has 0 amide bonds. The van der Waals surface area contributed by atoms with Crippen molar-refractivity contribution < 1.29 is 9.90 Å². The number of hydrogen-bond acceptors (Lipinski definition) is 4. The summed E-state index contributed by atoms with van der Waals surface area (Å²) >= 11 is 0. The maximum atomic E-state index is 11.4. The molecule has 14 heavy (non-hydrogen) atoms. The van der Waals surface area contributed by atoms with Crippen LogP contribution in [0.25, 0.3) is 0 Å². The molecule has 0 spiro atoms. The molecule has 1 N–H and O–H groups in total. The number of hydrogen-bond donors (Lipinski definition) is 1. The number of Topliss-reactive ketones (excluding diaryl/α,β-unsaturated/α-hetero) is 1. The number of aromatic nitrogens is 2. The van der Waals surface area contributed by atoms with Crippen molar-refractivity contribution in [2.45, 2.75) is 26.7 Å². The average Bonchev–Trinajstić information content (AvgIpc) is 2.07. The van der Waals surface area contributed by atoms with Gasteiger partial charge in [-0.3, -0.25) is 4.79 Å². The number of ketones is 1. The molecule has 0 saturated carbocycles. The summed E-state index contributed by atoms with van der Waals surface area (Å²) in [6.45, 7) is 3.97. The van der Waals surface area contributed by atoms with Crippen molar-refractivity contribution in [1.29, 1.82) is 0 Å². The zero-order valence-electron chi connectivity index (χ0n) is 8.40. The Balaban J connectivity index is 2.61. The summed E-state index contributed by atoms with van der Waals surface area (Å²) in [7, 11) is 0. The van der Waals surface area contributed by atoms with Crippen LogP contribution in [0.1, 0.15) is 26.0 Å². The fourth-order valence-electron chi connectivity index (χ4n) is 1.20. The lowest BCUT2D eigenvalue weighted by Gasteiger charge is -2.04. The number of nitrogens with zero attached hydrogens (tertiary/aromatic N) is 2. The Morgan fingerprint density at radius 1 is 1.57 bits per heavy atom. The van der Waals surface area contributed by atoms with Crippen molar-refractivity contribution in [3.63, 3.8) is 0 Å². The smallest absolute Gasteiger partial charge is 0.155 e. The second-order valence-corrected chi connectivity index (χ2v) is 3.67. The highest BCUT2D eigenvalue weighted by Gasteiger charge is 2.10. The van der Waals surface area contributed by atoms with E-state index in [1.54, 1.807) is 0 Å². The Bertz CT molecular complexity index is 324. The predicted molar refractivity (Wildman–Crippen MR) is 51.9 cm³/mol. The molecule has 0 aliphatic heterocycles. The van der Waals surface area contributed by atoms with E-state index < -0.39 is 0 Å². The maximum Gasteiger partial charge on any atom is 0.155 e. The van der Waals surface area contributed by atoms with Crippen molar-refractivity contribution >= 4 is 5.78 Å². The molecule has 0 atom stereocenters. The third-order valence-electron chi connectivity index (χ3n) is 1.77. The van der Waals surface area contributed by atoms with Crippen LogP contribution in [0, 0.1) is 5.92 Å². The molecule has 76 valence electrons. The minimum Gasteiger partial charge on any atom is -0.504 e. The summed E-state index contributed by atoms with van der Waals surface area (Å²) in [5.41, 5.74) is 0.408. The molecule has 0 fully saturated rings. The van der Waals surface area contributed by atoms with Crippen LogP contribution in [-0.2, 0) is 11.2 Å². The first-order chi connectivity index (χ1) is 6.59.